The van der Waals surface area contributed by atoms with Crippen LogP contribution in [0.25, 0.3) is 0 Å². The van der Waals surface area contributed by atoms with Gasteiger partial charge in [0.05, 0.1) is 12.9 Å². The van der Waals surface area contributed by atoms with Crippen molar-refractivity contribution in [3.63, 3.8) is 0 Å². The highest BCUT2D eigenvalue weighted by molar-refractivity contribution is 7.88. The lowest BCUT2D eigenvalue weighted by Gasteiger charge is -2.19. The molecule has 0 aliphatic carbocycles. The monoisotopic (exact) mass is 211 g/mol. The van der Waals surface area contributed by atoms with Crippen molar-refractivity contribution in [1.29, 1.82) is 0 Å². The van der Waals surface area contributed by atoms with Gasteiger partial charge in [0.15, 0.2) is 0 Å². The first-order valence-corrected chi connectivity index (χ1v) is 6.07. The van der Waals surface area contributed by atoms with E-state index in [0.29, 0.717) is 13.0 Å². The van der Waals surface area contributed by atoms with Crippen LogP contribution in [0.3, 0.4) is 0 Å². The summed E-state index contributed by atoms with van der Waals surface area (Å²) in [5, 5.41) is 8.93. The Morgan fingerprint density at radius 1 is 1.67 bits per heavy atom. The molecule has 1 saturated heterocycles. The molecular formula is C6H13NO3S2. The van der Waals surface area contributed by atoms with Crippen LogP contribution in [0.5, 0.6) is 0 Å². The second-order valence-corrected chi connectivity index (χ2v) is 5.72. The van der Waals surface area contributed by atoms with Crippen molar-refractivity contribution in [2.24, 2.45) is 0 Å². The van der Waals surface area contributed by atoms with Gasteiger partial charge in [-0.3, -0.25) is 0 Å². The molecule has 0 radical (unpaired) electrons. The maximum absolute atomic E-state index is 11.1. The van der Waals surface area contributed by atoms with Crippen molar-refractivity contribution in [1.82, 2.24) is 4.31 Å². The fraction of sp³-hybridized carbons (Fsp3) is 1.00. The second-order valence-electron chi connectivity index (χ2n) is 3.06. The van der Waals surface area contributed by atoms with Crippen LogP contribution in [0.2, 0.25) is 0 Å². The quantitative estimate of drug-likeness (QED) is 0.595. The number of rotatable bonds is 2. The van der Waals surface area contributed by atoms with Gasteiger partial charge >= 0.3 is 0 Å². The summed E-state index contributed by atoms with van der Waals surface area (Å²) in [6.45, 7) is 0.289. The Bertz CT molecular complexity index is 252. The number of aliphatic hydroxyl groups is 1. The zero-order valence-corrected chi connectivity index (χ0v) is 8.55. The van der Waals surface area contributed by atoms with E-state index in [9.17, 15) is 8.42 Å². The van der Waals surface area contributed by atoms with Gasteiger partial charge in [-0.2, -0.15) is 16.9 Å². The van der Waals surface area contributed by atoms with Gasteiger partial charge in [0.25, 0.3) is 0 Å². The third-order valence-corrected chi connectivity index (χ3v) is 3.65. The maximum Gasteiger partial charge on any atom is 0.211 e. The molecule has 0 amide bonds. The molecule has 4 nitrogen and oxygen atoms in total. The van der Waals surface area contributed by atoms with E-state index in [1.54, 1.807) is 0 Å². The molecule has 0 aromatic heterocycles. The Labute approximate surface area is 78.0 Å². The van der Waals surface area contributed by atoms with Gasteiger partial charge in [-0.25, -0.2) is 8.42 Å². The second kappa shape index (κ2) is 3.53. The Morgan fingerprint density at radius 3 is 2.58 bits per heavy atom. The SMILES string of the molecule is CS(=O)(=O)N1CC(S)CC1CO. The summed E-state index contributed by atoms with van der Waals surface area (Å²) in [5.41, 5.74) is 0. The molecule has 2 unspecified atom stereocenters. The summed E-state index contributed by atoms with van der Waals surface area (Å²) in [6.07, 6.45) is 1.79. The van der Waals surface area contributed by atoms with Gasteiger partial charge < -0.3 is 5.11 Å². The molecule has 6 heteroatoms. The topological polar surface area (TPSA) is 57.6 Å². The lowest BCUT2D eigenvalue weighted by atomic mass is 10.2. The molecule has 0 saturated carbocycles. The van der Waals surface area contributed by atoms with Crippen molar-refractivity contribution < 1.29 is 13.5 Å². The van der Waals surface area contributed by atoms with Crippen molar-refractivity contribution in [2.45, 2.75) is 17.7 Å². The highest BCUT2D eigenvalue weighted by Crippen LogP contribution is 2.23. The average molecular weight is 211 g/mol. The molecule has 0 aromatic rings. The van der Waals surface area contributed by atoms with E-state index in [1.165, 1.54) is 4.31 Å². The van der Waals surface area contributed by atoms with E-state index in [1.807, 2.05) is 0 Å². The van der Waals surface area contributed by atoms with Crippen molar-refractivity contribution >= 4 is 22.7 Å². The van der Waals surface area contributed by atoms with Crippen LogP contribution in [0.4, 0.5) is 0 Å². The molecule has 1 fully saturated rings. The largest absolute Gasteiger partial charge is 0.395 e. The van der Waals surface area contributed by atoms with Crippen LogP contribution in [-0.2, 0) is 10.0 Å². The van der Waals surface area contributed by atoms with E-state index in [4.69, 9.17) is 5.11 Å². The molecule has 0 aromatic carbocycles. The molecule has 2 atom stereocenters. The summed E-state index contributed by atoms with van der Waals surface area (Å²) >= 11 is 4.18. The maximum atomic E-state index is 11.1. The molecule has 0 spiro atoms. The minimum absolute atomic E-state index is 0.0527. The number of aliphatic hydroxyl groups excluding tert-OH is 1. The van der Waals surface area contributed by atoms with Gasteiger partial charge in [0, 0.05) is 17.8 Å². The molecule has 72 valence electrons. The summed E-state index contributed by atoms with van der Waals surface area (Å²) in [6, 6.07) is -0.275. The number of thiol groups is 1. The van der Waals surface area contributed by atoms with Crippen molar-refractivity contribution in [3.8, 4) is 0 Å². The van der Waals surface area contributed by atoms with Crippen LogP contribution >= 0.6 is 12.6 Å². The number of nitrogens with zero attached hydrogens (tertiary/aromatic N) is 1. The lowest BCUT2D eigenvalue weighted by Crippen LogP contribution is -2.36. The Balaban J connectivity index is 2.78. The van der Waals surface area contributed by atoms with Crippen LogP contribution in [0.1, 0.15) is 6.42 Å². The van der Waals surface area contributed by atoms with Gasteiger partial charge in [0.1, 0.15) is 0 Å². The first kappa shape index (κ1) is 10.3. The molecule has 1 rings (SSSR count). The van der Waals surface area contributed by atoms with E-state index in [-0.39, 0.29) is 17.9 Å². The van der Waals surface area contributed by atoms with Crippen LogP contribution in [0, 0.1) is 0 Å². The predicted molar refractivity (Wildman–Crippen MR) is 49.8 cm³/mol. The van der Waals surface area contributed by atoms with Crippen molar-refractivity contribution in [3.05, 3.63) is 0 Å². The molecule has 1 N–H and O–H groups in total. The Kier molecular flexibility index (Phi) is 3.03. The lowest BCUT2D eigenvalue weighted by molar-refractivity contribution is 0.214. The van der Waals surface area contributed by atoms with Gasteiger partial charge in [-0.1, -0.05) is 0 Å². The van der Waals surface area contributed by atoms with E-state index < -0.39 is 10.0 Å². The molecule has 1 aliphatic heterocycles. The van der Waals surface area contributed by atoms with Crippen molar-refractivity contribution in [2.75, 3.05) is 19.4 Å². The van der Waals surface area contributed by atoms with Crippen LogP contribution in [-0.4, -0.2) is 48.5 Å². The molecule has 0 bridgehead atoms. The standard InChI is InChI=1S/C6H13NO3S2/c1-12(9,10)7-3-6(11)2-5(7)4-8/h5-6,8,11H,2-4H2,1H3. The van der Waals surface area contributed by atoms with E-state index >= 15 is 0 Å². The zero-order chi connectivity index (χ0) is 9.35. The predicted octanol–water partition coefficient (Wildman–Crippen LogP) is -0.689. The third kappa shape index (κ3) is 2.12. The summed E-state index contributed by atoms with van der Waals surface area (Å²) in [5.74, 6) is 0. The van der Waals surface area contributed by atoms with E-state index in [2.05, 4.69) is 12.6 Å². The molecule has 12 heavy (non-hydrogen) atoms. The highest BCUT2D eigenvalue weighted by atomic mass is 32.2. The Morgan fingerprint density at radius 2 is 2.25 bits per heavy atom. The van der Waals surface area contributed by atoms with Gasteiger partial charge in [-0.05, 0) is 6.42 Å². The zero-order valence-electron chi connectivity index (χ0n) is 6.84. The fourth-order valence-electron chi connectivity index (χ4n) is 1.43. The number of hydrogen-bond donors (Lipinski definition) is 2. The summed E-state index contributed by atoms with van der Waals surface area (Å²) in [4.78, 5) is 0. The van der Waals surface area contributed by atoms with Crippen LogP contribution < -0.4 is 0 Å². The minimum Gasteiger partial charge on any atom is -0.395 e. The third-order valence-electron chi connectivity index (χ3n) is 1.98. The van der Waals surface area contributed by atoms with Gasteiger partial charge in [0.2, 0.25) is 10.0 Å². The fourth-order valence-corrected chi connectivity index (χ4v) is 3.11. The molecular weight excluding hydrogens is 198 g/mol. The average Bonchev–Trinajstić information content (AvgIpc) is 2.29. The number of hydrogen-bond acceptors (Lipinski definition) is 4. The highest BCUT2D eigenvalue weighted by Gasteiger charge is 2.35. The van der Waals surface area contributed by atoms with Crippen LogP contribution in [0.15, 0.2) is 0 Å². The first-order chi connectivity index (χ1) is 5.45. The molecule has 1 aliphatic rings. The molecule has 1 heterocycles. The van der Waals surface area contributed by atoms with Gasteiger partial charge in [-0.15, -0.1) is 0 Å². The summed E-state index contributed by atoms with van der Waals surface area (Å²) < 4.78 is 23.6. The first-order valence-electron chi connectivity index (χ1n) is 3.71. The normalized spacial score (nSPS) is 32.6. The number of sulfonamides is 1. The Hall–Kier alpha value is 0.220. The summed E-state index contributed by atoms with van der Waals surface area (Å²) in [7, 11) is -3.17. The van der Waals surface area contributed by atoms with E-state index in [0.717, 1.165) is 6.26 Å². The smallest absolute Gasteiger partial charge is 0.211 e. The minimum atomic E-state index is -3.17.